The van der Waals surface area contributed by atoms with Crippen LogP contribution in [0.15, 0.2) is 53.6 Å². The minimum atomic E-state index is -0.432. The summed E-state index contributed by atoms with van der Waals surface area (Å²) >= 11 is 0. The van der Waals surface area contributed by atoms with Gasteiger partial charge in [0.25, 0.3) is 11.5 Å². The summed E-state index contributed by atoms with van der Waals surface area (Å²) < 4.78 is 1.54. The third kappa shape index (κ3) is 2.68. The number of nitrogens with one attached hydrogen (secondary N) is 2. The van der Waals surface area contributed by atoms with Crippen molar-refractivity contribution in [2.24, 2.45) is 0 Å². The van der Waals surface area contributed by atoms with E-state index in [1.54, 1.807) is 30.6 Å². The first-order chi connectivity index (χ1) is 10.2. The maximum absolute atomic E-state index is 12.1. The van der Waals surface area contributed by atoms with E-state index < -0.39 is 5.91 Å². The van der Waals surface area contributed by atoms with Crippen molar-refractivity contribution >= 4 is 11.6 Å². The van der Waals surface area contributed by atoms with Crippen molar-refractivity contribution in [1.82, 2.24) is 25.2 Å². The van der Waals surface area contributed by atoms with Gasteiger partial charge in [0.1, 0.15) is 5.69 Å². The number of carbonyl (C=O) groups excluding carboxylic acids is 1. The van der Waals surface area contributed by atoms with Gasteiger partial charge in [-0.2, -0.15) is 5.10 Å². The first-order valence-electron chi connectivity index (χ1n) is 6.07. The van der Waals surface area contributed by atoms with Crippen molar-refractivity contribution in [2.45, 2.75) is 0 Å². The molecule has 3 rings (SSSR count). The number of aromatic amines is 1. The fraction of sp³-hybridized carbons (Fsp3) is 0. The van der Waals surface area contributed by atoms with E-state index in [0.717, 1.165) is 0 Å². The zero-order chi connectivity index (χ0) is 14.7. The highest BCUT2D eigenvalue weighted by atomic mass is 16.2. The third-order valence-corrected chi connectivity index (χ3v) is 2.73. The Morgan fingerprint density at radius 1 is 1.19 bits per heavy atom. The normalized spacial score (nSPS) is 10.3. The van der Waals surface area contributed by atoms with E-state index in [2.05, 4.69) is 25.8 Å². The van der Waals surface area contributed by atoms with Gasteiger partial charge in [0.2, 0.25) is 0 Å². The Kier molecular flexibility index (Phi) is 3.26. The lowest BCUT2D eigenvalue weighted by atomic mass is 10.2. The average molecular weight is 282 g/mol. The summed E-state index contributed by atoms with van der Waals surface area (Å²) in [6, 6.07) is 9.74. The summed E-state index contributed by atoms with van der Waals surface area (Å²) in [4.78, 5) is 23.1. The molecule has 0 fully saturated rings. The summed E-state index contributed by atoms with van der Waals surface area (Å²) in [7, 11) is 0. The number of anilines is 1. The molecule has 0 atom stereocenters. The van der Waals surface area contributed by atoms with Gasteiger partial charge in [0, 0.05) is 6.07 Å². The van der Waals surface area contributed by atoms with Gasteiger partial charge in [-0.3, -0.25) is 9.59 Å². The number of amides is 1. The summed E-state index contributed by atoms with van der Waals surface area (Å²) in [5.41, 5.74) is 0.978. The molecule has 0 radical (unpaired) electrons. The largest absolute Gasteiger partial charge is 0.319 e. The molecule has 0 aliphatic rings. The maximum atomic E-state index is 12.1. The monoisotopic (exact) mass is 282 g/mol. The Hall–Kier alpha value is -3.29. The van der Waals surface area contributed by atoms with Crippen molar-refractivity contribution in [2.75, 3.05) is 5.32 Å². The average Bonchev–Trinajstić information content (AvgIpc) is 3.02. The molecule has 1 aromatic carbocycles. The number of hydrogen-bond donors (Lipinski definition) is 2. The number of hydrogen-bond acceptors (Lipinski definition) is 5. The van der Waals surface area contributed by atoms with Crippen LogP contribution in [0.4, 0.5) is 5.69 Å². The molecule has 104 valence electrons. The van der Waals surface area contributed by atoms with Gasteiger partial charge in [0.15, 0.2) is 0 Å². The molecular formula is C13H10N6O2. The molecule has 2 N–H and O–H groups in total. The van der Waals surface area contributed by atoms with Crippen molar-refractivity contribution in [3.8, 4) is 5.69 Å². The second kappa shape index (κ2) is 5.37. The second-order valence-electron chi connectivity index (χ2n) is 4.13. The molecule has 0 unspecified atom stereocenters. The molecule has 0 saturated carbocycles. The van der Waals surface area contributed by atoms with E-state index in [4.69, 9.17) is 0 Å². The van der Waals surface area contributed by atoms with Crippen LogP contribution in [-0.4, -0.2) is 31.1 Å². The van der Waals surface area contributed by atoms with Crippen LogP contribution in [0.2, 0.25) is 0 Å². The van der Waals surface area contributed by atoms with Crippen molar-refractivity contribution in [1.29, 1.82) is 0 Å². The fourth-order valence-corrected chi connectivity index (χ4v) is 1.77. The molecule has 21 heavy (non-hydrogen) atoms. The van der Waals surface area contributed by atoms with Crippen LogP contribution in [0.1, 0.15) is 10.5 Å². The van der Waals surface area contributed by atoms with Crippen LogP contribution in [0.3, 0.4) is 0 Å². The molecule has 2 heterocycles. The lowest BCUT2D eigenvalue weighted by molar-refractivity contribution is 0.102. The van der Waals surface area contributed by atoms with E-state index in [1.807, 2.05) is 6.07 Å². The molecule has 0 saturated heterocycles. The standard InChI is InChI=1S/C13H10N6O2/c20-12-6-5-10(16-17-12)13(21)15-9-3-1-2-4-11(9)19-8-7-14-18-19/h1-8H,(H,15,21)(H,17,20). The van der Waals surface area contributed by atoms with Crippen molar-refractivity contribution in [3.63, 3.8) is 0 Å². The Morgan fingerprint density at radius 2 is 2.05 bits per heavy atom. The van der Waals surface area contributed by atoms with Gasteiger partial charge in [0.05, 0.1) is 23.8 Å². The summed E-state index contributed by atoms with van der Waals surface area (Å²) in [6.07, 6.45) is 3.21. The molecule has 1 amide bonds. The number of H-pyrrole nitrogens is 1. The second-order valence-corrected chi connectivity index (χ2v) is 4.13. The van der Waals surface area contributed by atoms with Crippen LogP contribution >= 0.6 is 0 Å². The first-order valence-corrected chi connectivity index (χ1v) is 6.07. The predicted molar refractivity (Wildman–Crippen MR) is 74.2 cm³/mol. The van der Waals surface area contributed by atoms with E-state index >= 15 is 0 Å². The van der Waals surface area contributed by atoms with E-state index in [-0.39, 0.29) is 11.3 Å². The molecule has 0 aliphatic heterocycles. The first kappa shape index (κ1) is 12.7. The van der Waals surface area contributed by atoms with Crippen LogP contribution in [-0.2, 0) is 0 Å². The number of aromatic nitrogens is 5. The van der Waals surface area contributed by atoms with Crippen LogP contribution in [0.5, 0.6) is 0 Å². The Balaban J connectivity index is 1.90. The van der Waals surface area contributed by atoms with E-state index in [1.165, 1.54) is 16.8 Å². The lowest BCUT2D eigenvalue weighted by Crippen LogP contribution is -2.18. The van der Waals surface area contributed by atoms with E-state index in [9.17, 15) is 9.59 Å². The van der Waals surface area contributed by atoms with Crippen molar-refractivity contribution in [3.05, 3.63) is 64.8 Å². The fourth-order valence-electron chi connectivity index (χ4n) is 1.77. The number of benzene rings is 1. The number of carbonyl (C=O) groups is 1. The predicted octanol–water partition coefficient (Wildman–Crippen LogP) is 0.603. The lowest BCUT2D eigenvalue weighted by Gasteiger charge is -2.09. The molecular weight excluding hydrogens is 272 g/mol. The topological polar surface area (TPSA) is 106 Å². The third-order valence-electron chi connectivity index (χ3n) is 2.73. The van der Waals surface area contributed by atoms with Gasteiger partial charge in [-0.15, -0.1) is 5.10 Å². The zero-order valence-electron chi connectivity index (χ0n) is 10.7. The van der Waals surface area contributed by atoms with Gasteiger partial charge in [-0.1, -0.05) is 17.3 Å². The number of rotatable bonds is 3. The molecule has 0 bridgehead atoms. The molecule has 0 spiro atoms. The van der Waals surface area contributed by atoms with Crippen LogP contribution in [0.25, 0.3) is 5.69 Å². The van der Waals surface area contributed by atoms with Gasteiger partial charge >= 0.3 is 0 Å². The summed E-state index contributed by atoms with van der Waals surface area (Å²) in [6.45, 7) is 0. The van der Waals surface area contributed by atoms with Crippen LogP contribution < -0.4 is 10.9 Å². The van der Waals surface area contributed by atoms with Gasteiger partial charge < -0.3 is 5.32 Å². The highest BCUT2D eigenvalue weighted by molar-refractivity contribution is 6.03. The summed E-state index contributed by atoms with van der Waals surface area (Å²) in [5.74, 6) is -0.432. The number of nitrogens with zero attached hydrogens (tertiary/aromatic N) is 4. The van der Waals surface area contributed by atoms with Crippen LogP contribution in [0, 0.1) is 0 Å². The van der Waals surface area contributed by atoms with Crippen molar-refractivity contribution < 1.29 is 4.79 Å². The summed E-state index contributed by atoms with van der Waals surface area (Å²) in [5, 5.41) is 16.2. The van der Waals surface area contributed by atoms with E-state index in [0.29, 0.717) is 11.4 Å². The smallest absolute Gasteiger partial charge is 0.276 e. The minimum Gasteiger partial charge on any atom is -0.319 e. The Morgan fingerprint density at radius 3 is 2.76 bits per heavy atom. The highest BCUT2D eigenvalue weighted by Crippen LogP contribution is 2.19. The molecule has 2 aromatic heterocycles. The maximum Gasteiger partial charge on any atom is 0.276 e. The van der Waals surface area contributed by atoms with Gasteiger partial charge in [-0.25, -0.2) is 9.78 Å². The highest BCUT2D eigenvalue weighted by Gasteiger charge is 2.11. The Labute approximate surface area is 118 Å². The molecule has 8 nitrogen and oxygen atoms in total. The van der Waals surface area contributed by atoms with Gasteiger partial charge in [-0.05, 0) is 18.2 Å². The SMILES string of the molecule is O=C(Nc1ccccc1-n1ccnn1)c1ccc(=O)[nH]n1. The minimum absolute atomic E-state index is 0.114. The zero-order valence-corrected chi connectivity index (χ0v) is 10.7. The Bertz CT molecular complexity index is 804. The molecule has 8 heteroatoms. The number of para-hydroxylation sites is 2. The molecule has 0 aliphatic carbocycles. The quantitative estimate of drug-likeness (QED) is 0.732. The molecule has 3 aromatic rings.